The molecule has 0 spiro atoms. The topological polar surface area (TPSA) is 15.3 Å². The molecule has 2 aliphatic rings. The van der Waals surface area contributed by atoms with E-state index in [0.29, 0.717) is 17.9 Å². The van der Waals surface area contributed by atoms with Crippen LogP contribution in [0.3, 0.4) is 0 Å². The van der Waals surface area contributed by atoms with E-state index in [1.54, 1.807) is 0 Å². The van der Waals surface area contributed by atoms with Gasteiger partial charge in [-0.1, -0.05) is 61.1 Å². The van der Waals surface area contributed by atoms with Crippen molar-refractivity contribution >= 4 is 7.85 Å². The summed E-state index contributed by atoms with van der Waals surface area (Å²) < 4.78 is 0. The van der Waals surface area contributed by atoms with Crippen LogP contribution in [0.15, 0.2) is 24.0 Å². The molecule has 26 heavy (non-hydrogen) atoms. The van der Waals surface area contributed by atoms with Crippen molar-refractivity contribution in [3.8, 4) is 0 Å². The molecule has 0 aromatic carbocycles. The molecule has 4 unspecified atom stereocenters. The van der Waals surface area contributed by atoms with Gasteiger partial charge in [-0.15, -0.1) is 0 Å². The third kappa shape index (κ3) is 3.79. The van der Waals surface area contributed by atoms with Crippen molar-refractivity contribution in [2.75, 3.05) is 7.05 Å². The Morgan fingerprint density at radius 2 is 1.65 bits per heavy atom. The molecule has 0 aromatic rings. The predicted molar refractivity (Wildman–Crippen MR) is 118 cm³/mol. The number of fused-ring (bicyclic) bond motifs is 1. The molecule has 0 aromatic heterocycles. The van der Waals surface area contributed by atoms with Crippen LogP contribution in [0.5, 0.6) is 0 Å². The van der Waals surface area contributed by atoms with E-state index in [2.05, 4.69) is 100 Å². The van der Waals surface area contributed by atoms with Gasteiger partial charge in [0.05, 0.1) is 0 Å². The lowest BCUT2D eigenvalue weighted by molar-refractivity contribution is -0.000873. The Bertz CT molecular complexity index is 597. The van der Waals surface area contributed by atoms with Gasteiger partial charge in [-0.25, -0.2) is 0 Å². The van der Waals surface area contributed by atoms with E-state index in [1.807, 2.05) is 0 Å². The summed E-state index contributed by atoms with van der Waals surface area (Å²) in [5.74, 6) is 0.964. The van der Waals surface area contributed by atoms with Gasteiger partial charge in [-0.05, 0) is 61.3 Å². The fourth-order valence-electron chi connectivity index (χ4n) is 7.00. The smallest absolute Gasteiger partial charge is 0.127 e. The highest BCUT2D eigenvalue weighted by molar-refractivity contribution is 6.15. The number of nitrogens with one attached hydrogen (secondary N) is 1. The number of hydrogen-bond acceptors (Lipinski definition) is 2. The van der Waals surface area contributed by atoms with E-state index in [0.717, 1.165) is 0 Å². The Labute approximate surface area is 164 Å². The number of hydrogen-bond donors (Lipinski definition) is 1. The lowest BCUT2D eigenvalue weighted by Crippen LogP contribution is -2.52. The highest BCUT2D eigenvalue weighted by atomic mass is 15.2. The van der Waals surface area contributed by atoms with Gasteiger partial charge in [-0.3, -0.25) is 0 Å². The van der Waals surface area contributed by atoms with E-state index < -0.39 is 0 Å². The second kappa shape index (κ2) is 6.43. The Kier molecular flexibility index (Phi) is 5.34. The molecule has 0 amide bonds. The van der Waals surface area contributed by atoms with Crippen LogP contribution in [0.4, 0.5) is 0 Å². The minimum atomic E-state index is 0.115. The third-order valence-electron chi connectivity index (χ3n) is 7.47. The van der Waals surface area contributed by atoms with Gasteiger partial charge in [0.25, 0.3) is 0 Å². The lowest BCUT2D eigenvalue weighted by Gasteiger charge is -2.53. The van der Waals surface area contributed by atoms with Crippen molar-refractivity contribution in [2.24, 2.45) is 28.1 Å². The standard InChI is InChI=1S/C23H43BN2/c1-15-12-21(6,7)19-18(17(3)25-15)20(4,5)13-16(2)26(11)23(10,24)14-22(19,8)9/h12,16,18-19,25H,3,13-14,24H2,1-2,4-11H3. The van der Waals surface area contributed by atoms with Crippen molar-refractivity contribution < 1.29 is 0 Å². The highest BCUT2D eigenvalue weighted by Crippen LogP contribution is 2.58. The van der Waals surface area contributed by atoms with Crippen molar-refractivity contribution in [3.05, 3.63) is 24.0 Å². The van der Waals surface area contributed by atoms with Gasteiger partial charge >= 0.3 is 0 Å². The molecule has 0 bridgehead atoms. The van der Waals surface area contributed by atoms with E-state index in [9.17, 15) is 0 Å². The molecule has 2 rings (SSSR count). The Morgan fingerprint density at radius 3 is 2.19 bits per heavy atom. The Morgan fingerprint density at radius 1 is 1.12 bits per heavy atom. The van der Waals surface area contributed by atoms with Crippen LogP contribution in [-0.4, -0.2) is 31.3 Å². The Hall–Kier alpha value is -0.695. The minimum Gasteiger partial charge on any atom is -0.363 e. The Balaban J connectivity index is 2.74. The van der Waals surface area contributed by atoms with Crippen molar-refractivity contribution in [2.45, 2.75) is 86.6 Å². The minimum absolute atomic E-state index is 0.115. The van der Waals surface area contributed by atoms with Crippen LogP contribution in [0.1, 0.15) is 75.2 Å². The van der Waals surface area contributed by atoms with E-state index >= 15 is 0 Å². The number of rotatable bonds is 0. The van der Waals surface area contributed by atoms with E-state index in [-0.39, 0.29) is 21.7 Å². The molecule has 2 heterocycles. The molecular weight excluding hydrogens is 315 g/mol. The molecule has 3 heteroatoms. The lowest BCUT2D eigenvalue weighted by atomic mass is 9.51. The number of nitrogens with zero attached hydrogens (tertiary/aromatic N) is 1. The second-order valence-electron chi connectivity index (χ2n) is 11.9. The zero-order chi connectivity index (χ0) is 20.3. The van der Waals surface area contributed by atoms with E-state index in [1.165, 1.54) is 24.2 Å². The normalized spacial score (nSPS) is 40.2. The average molecular weight is 358 g/mol. The first kappa shape index (κ1) is 21.6. The molecule has 0 aliphatic carbocycles. The van der Waals surface area contributed by atoms with Crippen LogP contribution in [-0.2, 0) is 0 Å². The second-order valence-corrected chi connectivity index (χ2v) is 11.9. The molecule has 1 fully saturated rings. The summed E-state index contributed by atoms with van der Waals surface area (Å²) >= 11 is 0. The third-order valence-corrected chi connectivity index (χ3v) is 7.47. The average Bonchev–Trinajstić information content (AvgIpc) is 2.47. The maximum atomic E-state index is 4.55. The molecule has 2 nitrogen and oxygen atoms in total. The van der Waals surface area contributed by atoms with Crippen LogP contribution in [0, 0.1) is 28.1 Å². The fourth-order valence-corrected chi connectivity index (χ4v) is 7.00. The summed E-state index contributed by atoms with van der Waals surface area (Å²) in [5.41, 5.74) is 3.12. The van der Waals surface area contributed by atoms with Crippen LogP contribution >= 0.6 is 0 Å². The summed E-state index contributed by atoms with van der Waals surface area (Å²) in [6, 6.07) is 0.544. The SMILES string of the molecule is BC1(C)CC(C)(C)C2C(C(=C)NC(C)=CC2(C)C)C(C)(C)CC(C)N1C. The van der Waals surface area contributed by atoms with Crippen LogP contribution in [0.2, 0.25) is 0 Å². The maximum absolute atomic E-state index is 4.55. The fraction of sp³-hybridized carbons (Fsp3) is 0.826. The van der Waals surface area contributed by atoms with Crippen molar-refractivity contribution in [1.82, 2.24) is 10.2 Å². The first-order valence-corrected chi connectivity index (χ1v) is 10.4. The molecule has 1 N–H and O–H groups in total. The maximum Gasteiger partial charge on any atom is 0.127 e. The molecule has 2 aliphatic heterocycles. The van der Waals surface area contributed by atoms with Gasteiger partial charge < -0.3 is 10.2 Å². The van der Waals surface area contributed by atoms with Gasteiger partial charge in [0.2, 0.25) is 0 Å². The first-order chi connectivity index (χ1) is 11.5. The largest absolute Gasteiger partial charge is 0.363 e. The molecule has 1 saturated heterocycles. The first-order valence-electron chi connectivity index (χ1n) is 10.4. The van der Waals surface area contributed by atoms with Crippen LogP contribution < -0.4 is 5.32 Å². The molecule has 148 valence electrons. The summed E-state index contributed by atoms with van der Waals surface area (Å²) in [7, 11) is 4.75. The van der Waals surface area contributed by atoms with Crippen molar-refractivity contribution in [3.63, 3.8) is 0 Å². The molecule has 0 radical (unpaired) electrons. The monoisotopic (exact) mass is 358 g/mol. The van der Waals surface area contributed by atoms with Gasteiger partial charge in [0.1, 0.15) is 7.85 Å². The summed E-state index contributed by atoms with van der Waals surface area (Å²) in [6.45, 7) is 26.4. The predicted octanol–water partition coefficient (Wildman–Crippen LogP) is 4.78. The molecular formula is C23H43BN2. The zero-order valence-corrected chi connectivity index (χ0v) is 19.4. The highest BCUT2D eigenvalue weighted by Gasteiger charge is 2.54. The van der Waals surface area contributed by atoms with Crippen LogP contribution in [0.25, 0.3) is 0 Å². The molecule has 4 atom stereocenters. The zero-order valence-electron chi connectivity index (χ0n) is 19.4. The van der Waals surface area contributed by atoms with Gasteiger partial charge in [-0.2, -0.15) is 0 Å². The van der Waals surface area contributed by atoms with E-state index in [4.69, 9.17) is 0 Å². The van der Waals surface area contributed by atoms with Gasteiger partial charge in [0, 0.05) is 23.4 Å². The number of allylic oxidation sites excluding steroid dienone is 3. The summed E-state index contributed by atoms with van der Waals surface area (Å²) in [5, 5.41) is 3.66. The quantitative estimate of drug-likeness (QED) is 0.627. The van der Waals surface area contributed by atoms with Crippen molar-refractivity contribution in [1.29, 1.82) is 0 Å². The van der Waals surface area contributed by atoms with Gasteiger partial charge in [0.15, 0.2) is 0 Å². The summed E-state index contributed by atoms with van der Waals surface area (Å²) in [6.07, 6.45) is 4.82. The summed E-state index contributed by atoms with van der Waals surface area (Å²) in [4.78, 5) is 2.62. The molecule has 0 saturated carbocycles.